The molecule has 182 valence electrons. The lowest BCUT2D eigenvalue weighted by atomic mass is 10.3. The molecule has 0 amide bonds. The van der Waals surface area contributed by atoms with Crippen LogP contribution in [0, 0.1) is 0 Å². The quantitative estimate of drug-likeness (QED) is 0.230. The van der Waals surface area contributed by atoms with Crippen molar-refractivity contribution in [3.8, 4) is 23.0 Å². The number of hydrogen-bond donors (Lipinski definition) is 0. The molecule has 0 aliphatic carbocycles. The molecule has 4 nitrogen and oxygen atoms in total. The van der Waals surface area contributed by atoms with Gasteiger partial charge in [0, 0.05) is 36.2 Å². The van der Waals surface area contributed by atoms with Crippen LogP contribution in [0.15, 0.2) is 66.7 Å². The highest BCUT2D eigenvalue weighted by molar-refractivity contribution is 8.16. The first-order valence-corrected chi connectivity index (χ1v) is 14.9. The number of halogens is 2. The number of rotatable bonds is 11. The van der Waals surface area contributed by atoms with Crippen LogP contribution in [0.1, 0.15) is 27.7 Å². The van der Waals surface area contributed by atoms with Gasteiger partial charge in [-0.05, 0) is 48.5 Å². The Morgan fingerprint density at radius 2 is 1.06 bits per heavy atom. The van der Waals surface area contributed by atoms with Crippen LogP contribution >= 0.6 is 29.5 Å². The van der Waals surface area contributed by atoms with Gasteiger partial charge in [0.1, 0.15) is 29.3 Å². The summed E-state index contributed by atoms with van der Waals surface area (Å²) < 4.78 is 17.6. The van der Waals surface area contributed by atoms with Crippen LogP contribution in [0.2, 0.25) is 10.0 Å². The first-order chi connectivity index (χ1) is 16.4. The highest BCUT2D eigenvalue weighted by Gasteiger charge is 2.37. The molecule has 0 atom stereocenters. The lowest BCUT2D eigenvalue weighted by molar-refractivity contribution is 0.422. The molecule has 0 saturated carbocycles. The van der Waals surface area contributed by atoms with Crippen LogP contribution in [0.25, 0.3) is 0 Å². The van der Waals surface area contributed by atoms with Crippen molar-refractivity contribution in [1.29, 1.82) is 0 Å². The van der Waals surface area contributed by atoms with Crippen molar-refractivity contribution in [2.24, 2.45) is 0 Å². The third kappa shape index (κ3) is 5.96. The van der Waals surface area contributed by atoms with Gasteiger partial charge in [0.2, 0.25) is 0 Å². The summed E-state index contributed by atoms with van der Waals surface area (Å²) in [5, 5.41) is 2.10. The molecule has 0 heterocycles. The molecule has 3 rings (SSSR count). The standard InChI is InChI=1S/C26H31Cl2N2O2PS/c1-5-29(6-2)33(34,30(7-3)8-4)26-24(31-22-14-9-12-20(27)18-22)16-11-17-25(26)32-23-15-10-13-21(28)19-23/h9-19H,5-8H2,1-4H3. The second-order valence-corrected chi connectivity index (χ2v) is 12.6. The van der Waals surface area contributed by atoms with E-state index in [0.29, 0.717) is 33.0 Å². The van der Waals surface area contributed by atoms with Crippen molar-refractivity contribution in [1.82, 2.24) is 9.34 Å². The summed E-state index contributed by atoms with van der Waals surface area (Å²) in [4.78, 5) is 0. The fourth-order valence-electron chi connectivity index (χ4n) is 3.94. The Bertz CT molecular complexity index is 1070. The lowest BCUT2D eigenvalue weighted by Gasteiger charge is -2.42. The summed E-state index contributed by atoms with van der Waals surface area (Å²) >= 11 is 19.1. The molecule has 0 aliphatic rings. The van der Waals surface area contributed by atoms with Gasteiger partial charge in [0.25, 0.3) is 0 Å². The fourth-order valence-corrected chi connectivity index (χ4v) is 9.50. The number of hydrogen-bond acceptors (Lipinski definition) is 3. The van der Waals surface area contributed by atoms with Crippen LogP contribution in [0.3, 0.4) is 0 Å². The summed E-state index contributed by atoms with van der Waals surface area (Å²) in [5.74, 6) is 2.64. The zero-order chi connectivity index (χ0) is 24.7. The minimum atomic E-state index is -2.48. The van der Waals surface area contributed by atoms with Crippen LogP contribution in [0.4, 0.5) is 0 Å². The smallest absolute Gasteiger partial charge is 0.142 e. The summed E-state index contributed by atoms with van der Waals surface area (Å²) in [5.41, 5.74) is 0. The third-order valence-corrected chi connectivity index (χ3v) is 11.6. The summed E-state index contributed by atoms with van der Waals surface area (Å²) in [7, 11) is 0. The average Bonchev–Trinajstić information content (AvgIpc) is 2.81. The van der Waals surface area contributed by atoms with E-state index in [1.54, 1.807) is 12.1 Å². The number of ether oxygens (including phenoxy) is 2. The van der Waals surface area contributed by atoms with Gasteiger partial charge in [-0.1, -0.05) is 80.9 Å². The van der Waals surface area contributed by atoms with Gasteiger partial charge in [-0.3, -0.25) is 9.34 Å². The summed E-state index contributed by atoms with van der Waals surface area (Å²) in [6.45, 7) is 11.8. The predicted octanol–water partition coefficient (Wildman–Crippen LogP) is 8.20. The molecule has 0 aliphatic heterocycles. The molecule has 0 aromatic heterocycles. The van der Waals surface area contributed by atoms with E-state index in [9.17, 15) is 0 Å². The Kier molecular flexibility index (Phi) is 9.84. The molecule has 0 fully saturated rings. The highest BCUT2D eigenvalue weighted by atomic mass is 35.5. The second-order valence-electron chi connectivity index (χ2n) is 7.54. The summed E-state index contributed by atoms with van der Waals surface area (Å²) in [6, 6.07) is 20.6. The Hall–Kier alpha value is -1.59. The minimum absolute atomic E-state index is 0.609. The van der Waals surface area contributed by atoms with Crippen molar-refractivity contribution in [2.45, 2.75) is 27.7 Å². The van der Waals surface area contributed by atoms with E-state index >= 15 is 0 Å². The molecular formula is C26H31Cl2N2O2PS. The van der Waals surface area contributed by atoms with Gasteiger partial charge in [0.15, 0.2) is 0 Å². The molecule has 0 radical (unpaired) electrons. The van der Waals surface area contributed by atoms with Crippen LogP contribution in [0.5, 0.6) is 23.0 Å². The normalized spacial score (nSPS) is 11.8. The largest absolute Gasteiger partial charge is 0.456 e. The van der Waals surface area contributed by atoms with Crippen molar-refractivity contribution >= 4 is 46.7 Å². The third-order valence-electron chi connectivity index (χ3n) is 5.53. The number of benzene rings is 3. The van der Waals surface area contributed by atoms with Gasteiger partial charge in [-0.25, -0.2) is 0 Å². The van der Waals surface area contributed by atoms with Crippen molar-refractivity contribution < 1.29 is 9.47 Å². The molecule has 0 saturated heterocycles. The molecule has 0 spiro atoms. The molecule has 34 heavy (non-hydrogen) atoms. The van der Waals surface area contributed by atoms with Crippen LogP contribution in [-0.2, 0) is 11.8 Å². The zero-order valence-electron chi connectivity index (χ0n) is 20.0. The maximum atomic E-state index is 6.62. The maximum Gasteiger partial charge on any atom is 0.142 e. The Morgan fingerprint density at radius 1 is 0.676 bits per heavy atom. The SMILES string of the molecule is CCN(CC)P(=S)(c1c(Oc2cccc(Cl)c2)cccc1Oc1cccc(Cl)c1)N(CC)CC. The van der Waals surface area contributed by atoms with E-state index in [4.69, 9.17) is 44.5 Å². The molecule has 3 aromatic rings. The van der Waals surface area contributed by atoms with Gasteiger partial charge < -0.3 is 9.47 Å². The van der Waals surface area contributed by atoms with Gasteiger partial charge in [-0.2, -0.15) is 0 Å². The average molecular weight is 537 g/mol. The Morgan fingerprint density at radius 3 is 1.41 bits per heavy atom. The first-order valence-electron chi connectivity index (χ1n) is 11.5. The molecule has 8 heteroatoms. The topological polar surface area (TPSA) is 24.9 Å². The van der Waals surface area contributed by atoms with E-state index in [2.05, 4.69) is 37.0 Å². The van der Waals surface area contributed by atoms with Crippen molar-refractivity contribution in [2.75, 3.05) is 26.2 Å². The highest BCUT2D eigenvalue weighted by Crippen LogP contribution is 2.56. The van der Waals surface area contributed by atoms with E-state index in [1.165, 1.54) is 0 Å². The van der Waals surface area contributed by atoms with E-state index in [-0.39, 0.29) is 0 Å². The minimum Gasteiger partial charge on any atom is -0.456 e. The predicted molar refractivity (Wildman–Crippen MR) is 149 cm³/mol. The van der Waals surface area contributed by atoms with Gasteiger partial charge >= 0.3 is 0 Å². The van der Waals surface area contributed by atoms with E-state index in [0.717, 1.165) is 31.5 Å². The van der Waals surface area contributed by atoms with Gasteiger partial charge in [0.05, 0.1) is 5.30 Å². The molecule has 0 N–H and O–H groups in total. The second kappa shape index (κ2) is 12.4. The maximum absolute atomic E-state index is 6.62. The van der Waals surface area contributed by atoms with E-state index in [1.807, 2.05) is 54.6 Å². The molecule has 0 unspecified atom stereocenters. The lowest BCUT2D eigenvalue weighted by Crippen LogP contribution is -2.37. The molecule has 3 aromatic carbocycles. The molecular weight excluding hydrogens is 506 g/mol. The number of nitrogens with zero attached hydrogens (tertiary/aromatic N) is 2. The van der Waals surface area contributed by atoms with E-state index < -0.39 is 6.34 Å². The molecule has 0 bridgehead atoms. The van der Waals surface area contributed by atoms with Crippen LogP contribution < -0.4 is 14.8 Å². The zero-order valence-corrected chi connectivity index (χ0v) is 23.2. The van der Waals surface area contributed by atoms with Crippen molar-refractivity contribution in [3.05, 3.63) is 76.8 Å². The first kappa shape index (κ1) is 27.0. The van der Waals surface area contributed by atoms with Gasteiger partial charge in [-0.15, -0.1) is 0 Å². The summed E-state index contributed by atoms with van der Waals surface area (Å²) in [6.07, 6.45) is -2.48. The Balaban J connectivity index is 2.26. The van der Waals surface area contributed by atoms with Crippen LogP contribution in [-0.4, -0.2) is 35.5 Å². The Labute approximate surface area is 218 Å². The monoisotopic (exact) mass is 536 g/mol. The fraction of sp³-hybridized carbons (Fsp3) is 0.308. The van der Waals surface area contributed by atoms with Crippen molar-refractivity contribution in [3.63, 3.8) is 0 Å².